The number of amides is 1. The van der Waals surface area contributed by atoms with Gasteiger partial charge < -0.3 is 29.9 Å². The van der Waals surface area contributed by atoms with Gasteiger partial charge in [-0.05, 0) is 78.8 Å². The second-order valence-electron chi connectivity index (χ2n) is 12.7. The zero-order valence-corrected chi connectivity index (χ0v) is 27.3. The Balaban J connectivity index is 1.13. The molecule has 3 aromatic rings. The highest BCUT2D eigenvalue weighted by atomic mass is 35.5. The van der Waals surface area contributed by atoms with Crippen LogP contribution in [0.25, 0.3) is 5.57 Å². The number of benzene rings is 3. The summed E-state index contributed by atoms with van der Waals surface area (Å²) in [6.07, 6.45) is 3.86. The minimum atomic E-state index is -0.0119. The summed E-state index contributed by atoms with van der Waals surface area (Å²) < 4.78 is 11.8. The predicted molar refractivity (Wildman–Crippen MR) is 181 cm³/mol. The zero-order valence-electron chi connectivity index (χ0n) is 25.8. The Morgan fingerprint density at radius 3 is 2.56 bits per heavy atom. The highest BCUT2D eigenvalue weighted by Crippen LogP contribution is 2.38. The Labute approximate surface area is 275 Å². The van der Waals surface area contributed by atoms with Gasteiger partial charge in [-0.3, -0.25) is 4.79 Å². The molecule has 2 bridgehead atoms. The molecule has 7 nitrogen and oxygen atoms in total. The fourth-order valence-electron chi connectivity index (χ4n) is 7.07. The monoisotopic (exact) mass is 646 g/mol. The second-order valence-corrected chi connectivity index (χ2v) is 13.4. The third-order valence-electron chi connectivity index (χ3n) is 9.67. The van der Waals surface area contributed by atoms with Crippen LogP contribution in [0.2, 0.25) is 10.0 Å². The molecule has 9 heteroatoms. The molecule has 2 saturated heterocycles. The zero-order chi connectivity index (χ0) is 31.1. The van der Waals surface area contributed by atoms with E-state index in [1.807, 2.05) is 24.3 Å². The first-order valence-corrected chi connectivity index (χ1v) is 16.7. The molecule has 236 valence electrons. The number of hydrogen-bond donors (Lipinski definition) is 2. The molecule has 3 fully saturated rings. The van der Waals surface area contributed by atoms with Crippen molar-refractivity contribution in [1.29, 1.82) is 0 Å². The Morgan fingerprint density at radius 2 is 1.78 bits per heavy atom. The smallest absolute Gasteiger partial charge is 0.252 e. The Morgan fingerprint density at radius 1 is 1.00 bits per heavy atom. The topological polar surface area (TPSA) is 66.1 Å². The van der Waals surface area contributed by atoms with Crippen molar-refractivity contribution in [1.82, 2.24) is 15.5 Å². The number of rotatable bonds is 9. The van der Waals surface area contributed by atoms with Crippen LogP contribution in [-0.4, -0.2) is 68.3 Å². The van der Waals surface area contributed by atoms with Crippen LogP contribution < -0.4 is 25.0 Å². The average Bonchev–Trinajstić information content (AvgIpc) is 3.79. The summed E-state index contributed by atoms with van der Waals surface area (Å²) in [7, 11) is 1.70. The second kappa shape index (κ2) is 12.9. The van der Waals surface area contributed by atoms with Crippen molar-refractivity contribution in [3.63, 3.8) is 0 Å². The van der Waals surface area contributed by atoms with Gasteiger partial charge in [0.15, 0.2) is 0 Å². The lowest BCUT2D eigenvalue weighted by Gasteiger charge is -2.41. The summed E-state index contributed by atoms with van der Waals surface area (Å²) in [6, 6.07) is 20.9. The Hall–Kier alpha value is -3.23. The number of carbonyl (C=O) groups excluding carboxylic acids is 1. The molecule has 0 radical (unpaired) electrons. The predicted octanol–water partition coefficient (Wildman–Crippen LogP) is 6.25. The summed E-state index contributed by atoms with van der Waals surface area (Å²) in [4.78, 5) is 19.0. The molecule has 3 heterocycles. The number of anilines is 1. The Bertz CT molecular complexity index is 1610. The molecule has 0 spiro atoms. The molecule has 1 aliphatic carbocycles. The van der Waals surface area contributed by atoms with Gasteiger partial charge in [0, 0.05) is 55.9 Å². The van der Waals surface area contributed by atoms with Crippen LogP contribution in [0.1, 0.15) is 42.4 Å². The maximum atomic E-state index is 14.6. The normalized spacial score (nSPS) is 22.8. The fourth-order valence-corrected chi connectivity index (χ4v) is 7.41. The van der Waals surface area contributed by atoms with E-state index in [0.717, 1.165) is 85.6 Å². The number of nitrogens with one attached hydrogen (secondary N) is 2. The van der Waals surface area contributed by atoms with Gasteiger partial charge in [0.05, 0.1) is 24.7 Å². The fraction of sp³-hybridized carbons (Fsp3) is 0.417. The number of halogens is 2. The van der Waals surface area contributed by atoms with Crippen molar-refractivity contribution in [2.45, 2.75) is 63.4 Å². The lowest BCUT2D eigenvalue weighted by atomic mass is 9.83. The maximum absolute atomic E-state index is 14.6. The molecule has 2 N–H and O–H groups in total. The lowest BCUT2D eigenvalue weighted by molar-refractivity contribution is -0.128. The molecule has 3 aliphatic heterocycles. The summed E-state index contributed by atoms with van der Waals surface area (Å²) in [5.74, 6) is 1.64. The lowest BCUT2D eigenvalue weighted by Crippen LogP contribution is -2.60. The molecule has 3 atom stereocenters. The highest BCUT2D eigenvalue weighted by Gasteiger charge is 2.41. The highest BCUT2D eigenvalue weighted by molar-refractivity contribution is 6.42. The number of piperazine rings is 1. The number of carbonyl (C=O) groups is 1. The molecule has 4 aliphatic rings. The molecule has 3 aromatic carbocycles. The van der Waals surface area contributed by atoms with E-state index >= 15 is 0 Å². The van der Waals surface area contributed by atoms with E-state index in [1.165, 1.54) is 5.57 Å². The van der Waals surface area contributed by atoms with Gasteiger partial charge in [0.2, 0.25) is 0 Å². The van der Waals surface area contributed by atoms with E-state index in [0.29, 0.717) is 28.4 Å². The molecule has 1 amide bonds. The van der Waals surface area contributed by atoms with Crippen molar-refractivity contribution in [2.24, 2.45) is 0 Å². The van der Waals surface area contributed by atoms with Gasteiger partial charge in [0.1, 0.15) is 22.6 Å². The van der Waals surface area contributed by atoms with Gasteiger partial charge in [-0.2, -0.15) is 0 Å². The van der Waals surface area contributed by atoms with E-state index in [1.54, 1.807) is 13.2 Å². The SMILES string of the molecule is COc1cccc(CN(C(=O)C2=C(c3ccc(N4CC[C@@H](Oc5cccc(Cl)c5Cl)C4)cc3)C[C@H]3CNC[C@@H]2N3)C2CC2)c1C. The summed E-state index contributed by atoms with van der Waals surface area (Å²) >= 11 is 12.6. The molecule has 45 heavy (non-hydrogen) atoms. The molecule has 1 saturated carbocycles. The van der Waals surface area contributed by atoms with Gasteiger partial charge in [-0.1, -0.05) is 53.5 Å². The summed E-state index contributed by atoms with van der Waals surface area (Å²) in [5, 5.41) is 8.27. The van der Waals surface area contributed by atoms with Crippen LogP contribution in [-0.2, 0) is 11.3 Å². The summed E-state index contributed by atoms with van der Waals surface area (Å²) in [5.41, 5.74) is 6.59. The van der Waals surface area contributed by atoms with E-state index in [2.05, 4.69) is 57.7 Å². The number of hydrogen-bond acceptors (Lipinski definition) is 6. The van der Waals surface area contributed by atoms with Crippen LogP contribution in [0.3, 0.4) is 0 Å². The van der Waals surface area contributed by atoms with Crippen molar-refractivity contribution in [3.05, 3.63) is 93.0 Å². The van der Waals surface area contributed by atoms with E-state index in [-0.39, 0.29) is 24.1 Å². The van der Waals surface area contributed by atoms with Gasteiger partial charge in [-0.25, -0.2) is 0 Å². The van der Waals surface area contributed by atoms with Crippen LogP contribution in [0.4, 0.5) is 5.69 Å². The Kier molecular flexibility index (Phi) is 8.71. The van der Waals surface area contributed by atoms with Crippen molar-refractivity contribution in [2.75, 3.05) is 38.2 Å². The van der Waals surface area contributed by atoms with E-state index < -0.39 is 0 Å². The minimum absolute atomic E-state index is 0.0119. The summed E-state index contributed by atoms with van der Waals surface area (Å²) in [6.45, 7) is 5.99. The minimum Gasteiger partial charge on any atom is -0.496 e. The number of ether oxygens (including phenoxy) is 2. The molecular weight excluding hydrogens is 607 g/mol. The largest absolute Gasteiger partial charge is 0.496 e. The van der Waals surface area contributed by atoms with E-state index in [9.17, 15) is 4.79 Å². The van der Waals surface area contributed by atoms with Crippen LogP contribution in [0, 0.1) is 6.92 Å². The number of nitrogens with zero attached hydrogens (tertiary/aromatic N) is 2. The third-order valence-corrected chi connectivity index (χ3v) is 10.5. The van der Waals surface area contributed by atoms with Crippen LogP contribution >= 0.6 is 23.2 Å². The van der Waals surface area contributed by atoms with E-state index in [4.69, 9.17) is 32.7 Å². The van der Waals surface area contributed by atoms with Crippen molar-refractivity contribution in [3.8, 4) is 11.5 Å². The molecule has 7 rings (SSSR count). The van der Waals surface area contributed by atoms with Crippen molar-refractivity contribution >= 4 is 40.4 Å². The first-order chi connectivity index (χ1) is 21.9. The number of fused-ring (bicyclic) bond motifs is 2. The molecule has 0 unspecified atom stereocenters. The van der Waals surface area contributed by atoms with Gasteiger partial charge in [0.25, 0.3) is 5.91 Å². The third kappa shape index (κ3) is 6.28. The van der Waals surface area contributed by atoms with Crippen LogP contribution in [0.5, 0.6) is 11.5 Å². The van der Waals surface area contributed by atoms with Crippen LogP contribution in [0.15, 0.2) is 66.2 Å². The standard InChI is InChI=1S/C36H40Cl2N4O3/c1-22-24(5-3-7-32(22)44-2)20-42(27-13-14-27)36(43)34-29(17-25-18-39-19-31(34)40-25)23-9-11-26(12-10-23)41-16-15-28(21-41)45-33-8-4-6-30(37)35(33)38/h3-12,25,27-28,31,39-40H,13-21H2,1-2H3/t25-,28+,31-/m0/s1. The first-order valence-electron chi connectivity index (χ1n) is 16.0. The van der Waals surface area contributed by atoms with Crippen molar-refractivity contribution < 1.29 is 14.3 Å². The quantitative estimate of drug-likeness (QED) is 0.287. The molecular formula is C36H40Cl2N4O3. The maximum Gasteiger partial charge on any atom is 0.252 e. The average molecular weight is 648 g/mol. The van der Waals surface area contributed by atoms with Gasteiger partial charge in [-0.15, -0.1) is 0 Å². The molecule has 0 aromatic heterocycles. The van der Waals surface area contributed by atoms with Gasteiger partial charge >= 0.3 is 0 Å². The first kappa shape index (κ1) is 30.4. The number of methoxy groups -OCH3 is 1.